The van der Waals surface area contributed by atoms with E-state index < -0.39 is 33.6 Å². The van der Waals surface area contributed by atoms with Gasteiger partial charge < -0.3 is 5.32 Å². The van der Waals surface area contributed by atoms with Crippen LogP contribution in [0.3, 0.4) is 0 Å². The maximum atomic E-state index is 13.9. The molecule has 0 aromatic heterocycles. The van der Waals surface area contributed by atoms with Crippen molar-refractivity contribution in [3.05, 3.63) is 65.2 Å². The minimum Gasteiger partial charge on any atom is -0.336 e. The van der Waals surface area contributed by atoms with Gasteiger partial charge >= 0.3 is 0 Å². The van der Waals surface area contributed by atoms with E-state index >= 15 is 0 Å². The van der Waals surface area contributed by atoms with Crippen molar-refractivity contribution >= 4 is 15.9 Å². The Morgan fingerprint density at radius 1 is 1.10 bits per heavy atom. The Labute approximate surface area is 174 Å². The van der Waals surface area contributed by atoms with Gasteiger partial charge in [0.15, 0.2) is 0 Å². The number of benzene rings is 2. The van der Waals surface area contributed by atoms with Crippen LogP contribution in [-0.4, -0.2) is 31.7 Å². The fraction of sp³-hybridized carbons (Fsp3) is 0.333. The van der Waals surface area contributed by atoms with Gasteiger partial charge in [-0.2, -0.15) is 9.57 Å². The van der Waals surface area contributed by atoms with E-state index in [0.29, 0.717) is 24.7 Å². The number of amides is 1. The zero-order valence-corrected chi connectivity index (χ0v) is 17.0. The lowest BCUT2D eigenvalue weighted by atomic mass is 10.1. The summed E-state index contributed by atoms with van der Waals surface area (Å²) in [6, 6.07) is 9.26. The van der Waals surface area contributed by atoms with E-state index in [4.69, 9.17) is 0 Å². The number of rotatable bonds is 6. The number of nitriles is 1. The van der Waals surface area contributed by atoms with Crippen LogP contribution in [0, 0.1) is 23.0 Å². The number of hydrogen-bond acceptors (Lipinski definition) is 4. The second kappa shape index (κ2) is 9.32. The van der Waals surface area contributed by atoms with E-state index in [0.717, 1.165) is 31.4 Å². The summed E-state index contributed by atoms with van der Waals surface area (Å²) in [5, 5.41) is 11.6. The molecule has 0 radical (unpaired) electrons. The van der Waals surface area contributed by atoms with Gasteiger partial charge in [0.05, 0.1) is 17.4 Å². The highest BCUT2D eigenvalue weighted by atomic mass is 32.2. The SMILES string of the molecule is N#CC(NC(=O)Cc1ccc(S(=O)(=O)N2CCCCC2)cc1)c1ccc(F)cc1F. The van der Waals surface area contributed by atoms with Gasteiger partial charge in [-0.05, 0) is 36.6 Å². The Bertz CT molecular complexity index is 1060. The van der Waals surface area contributed by atoms with Gasteiger partial charge in [-0.25, -0.2) is 17.2 Å². The third kappa shape index (κ3) is 5.01. The zero-order chi connectivity index (χ0) is 21.7. The number of piperidine rings is 1. The van der Waals surface area contributed by atoms with E-state index in [1.165, 1.54) is 28.6 Å². The summed E-state index contributed by atoms with van der Waals surface area (Å²) >= 11 is 0. The summed E-state index contributed by atoms with van der Waals surface area (Å²) in [6.45, 7) is 1.00. The van der Waals surface area contributed by atoms with Gasteiger partial charge in [-0.15, -0.1) is 0 Å². The lowest BCUT2D eigenvalue weighted by molar-refractivity contribution is -0.120. The Hall–Kier alpha value is -2.83. The topological polar surface area (TPSA) is 90.3 Å². The first-order valence-electron chi connectivity index (χ1n) is 9.54. The Morgan fingerprint density at radius 3 is 2.37 bits per heavy atom. The fourth-order valence-corrected chi connectivity index (χ4v) is 4.86. The molecule has 1 saturated heterocycles. The molecule has 158 valence electrons. The Kier molecular flexibility index (Phi) is 6.80. The van der Waals surface area contributed by atoms with Crippen molar-refractivity contribution in [2.45, 2.75) is 36.6 Å². The predicted octanol–water partition coefficient (Wildman–Crippen LogP) is 3.06. The number of nitrogens with one attached hydrogen (secondary N) is 1. The van der Waals surface area contributed by atoms with E-state index in [-0.39, 0.29) is 16.9 Å². The monoisotopic (exact) mass is 433 g/mol. The van der Waals surface area contributed by atoms with Gasteiger partial charge in [-0.1, -0.05) is 24.6 Å². The van der Waals surface area contributed by atoms with E-state index in [1.807, 2.05) is 0 Å². The van der Waals surface area contributed by atoms with Crippen LogP contribution < -0.4 is 5.32 Å². The third-order valence-electron chi connectivity index (χ3n) is 4.95. The number of carbonyl (C=O) groups is 1. The molecule has 1 aliphatic heterocycles. The van der Waals surface area contributed by atoms with Crippen LogP contribution in [0.1, 0.15) is 36.4 Å². The smallest absolute Gasteiger partial charge is 0.243 e. The summed E-state index contributed by atoms with van der Waals surface area (Å²) in [5.74, 6) is -2.25. The lowest BCUT2D eigenvalue weighted by Crippen LogP contribution is -2.35. The van der Waals surface area contributed by atoms with Crippen LogP contribution in [0.2, 0.25) is 0 Å². The molecular formula is C21H21F2N3O3S. The highest BCUT2D eigenvalue weighted by Crippen LogP contribution is 2.21. The number of hydrogen-bond donors (Lipinski definition) is 1. The maximum Gasteiger partial charge on any atom is 0.243 e. The molecule has 1 atom stereocenters. The number of nitrogens with zero attached hydrogens (tertiary/aromatic N) is 2. The Morgan fingerprint density at radius 2 is 1.77 bits per heavy atom. The summed E-state index contributed by atoms with van der Waals surface area (Å²) in [6.07, 6.45) is 2.58. The molecule has 0 bridgehead atoms. The summed E-state index contributed by atoms with van der Waals surface area (Å²) < 4.78 is 53.7. The highest BCUT2D eigenvalue weighted by molar-refractivity contribution is 7.89. The predicted molar refractivity (Wildman–Crippen MR) is 106 cm³/mol. The molecule has 3 rings (SSSR count). The van der Waals surface area contributed by atoms with E-state index in [9.17, 15) is 27.3 Å². The minimum atomic E-state index is -3.56. The average molecular weight is 433 g/mol. The van der Waals surface area contributed by atoms with Crippen LogP contribution in [0.4, 0.5) is 8.78 Å². The molecular weight excluding hydrogens is 412 g/mol. The normalized spacial score (nSPS) is 15.9. The second-order valence-electron chi connectivity index (χ2n) is 7.08. The summed E-state index contributed by atoms with van der Waals surface area (Å²) in [5.41, 5.74) is 0.414. The van der Waals surface area contributed by atoms with Crippen LogP contribution in [0.25, 0.3) is 0 Å². The number of carbonyl (C=O) groups excluding carboxylic acids is 1. The van der Waals surface area contributed by atoms with E-state index in [1.54, 1.807) is 6.07 Å². The molecule has 2 aromatic rings. The molecule has 1 amide bonds. The first-order valence-corrected chi connectivity index (χ1v) is 11.0. The molecule has 1 unspecified atom stereocenters. The molecule has 1 aliphatic rings. The molecule has 1 heterocycles. The van der Waals surface area contributed by atoms with Crippen molar-refractivity contribution in [2.24, 2.45) is 0 Å². The fourth-order valence-electron chi connectivity index (χ4n) is 3.35. The molecule has 9 heteroatoms. The van der Waals surface area contributed by atoms with E-state index in [2.05, 4.69) is 5.32 Å². The number of sulfonamides is 1. The molecule has 1 fully saturated rings. The lowest BCUT2D eigenvalue weighted by Gasteiger charge is -2.25. The zero-order valence-electron chi connectivity index (χ0n) is 16.1. The van der Waals surface area contributed by atoms with Crippen molar-refractivity contribution in [1.29, 1.82) is 5.26 Å². The largest absolute Gasteiger partial charge is 0.336 e. The molecule has 0 aliphatic carbocycles. The minimum absolute atomic E-state index is 0.120. The van der Waals surface area contributed by atoms with Crippen molar-refractivity contribution < 1.29 is 22.0 Å². The molecule has 6 nitrogen and oxygen atoms in total. The van der Waals surface area contributed by atoms with Gasteiger partial charge in [0.25, 0.3) is 0 Å². The standard InChI is InChI=1S/C21H21F2N3O3S/c22-16-6-9-18(19(23)13-16)20(14-24)25-21(27)12-15-4-7-17(8-5-15)30(28,29)26-10-2-1-3-11-26/h4-9,13,20H,1-3,10-12H2,(H,25,27). The van der Waals surface area contributed by atoms with Crippen LogP contribution in [0.5, 0.6) is 0 Å². The third-order valence-corrected chi connectivity index (χ3v) is 6.86. The van der Waals surface area contributed by atoms with Gasteiger partial charge in [0, 0.05) is 24.7 Å². The molecule has 1 N–H and O–H groups in total. The van der Waals surface area contributed by atoms with Crippen molar-refractivity contribution in [2.75, 3.05) is 13.1 Å². The van der Waals surface area contributed by atoms with Gasteiger partial charge in [0.2, 0.25) is 15.9 Å². The molecule has 0 saturated carbocycles. The van der Waals surface area contributed by atoms with Gasteiger partial charge in [-0.3, -0.25) is 4.79 Å². The van der Waals surface area contributed by atoms with Crippen molar-refractivity contribution in [1.82, 2.24) is 9.62 Å². The summed E-state index contributed by atoms with van der Waals surface area (Å²) in [4.78, 5) is 12.4. The average Bonchev–Trinajstić information content (AvgIpc) is 2.73. The van der Waals surface area contributed by atoms with Gasteiger partial charge in [0.1, 0.15) is 17.7 Å². The van der Waals surface area contributed by atoms with Crippen LogP contribution >= 0.6 is 0 Å². The van der Waals surface area contributed by atoms with Crippen molar-refractivity contribution in [3.63, 3.8) is 0 Å². The molecule has 30 heavy (non-hydrogen) atoms. The maximum absolute atomic E-state index is 13.9. The molecule has 2 aromatic carbocycles. The van der Waals surface area contributed by atoms with Crippen molar-refractivity contribution in [3.8, 4) is 6.07 Å². The summed E-state index contributed by atoms with van der Waals surface area (Å²) in [7, 11) is -3.56. The Balaban J connectivity index is 1.66. The first kappa shape index (κ1) is 21.9. The van der Waals surface area contributed by atoms with Crippen LogP contribution in [0.15, 0.2) is 47.4 Å². The van der Waals surface area contributed by atoms with Crippen LogP contribution in [-0.2, 0) is 21.2 Å². The molecule has 0 spiro atoms. The quantitative estimate of drug-likeness (QED) is 0.758. The number of halogens is 2. The second-order valence-corrected chi connectivity index (χ2v) is 9.02. The first-order chi connectivity index (χ1) is 14.3. The highest BCUT2D eigenvalue weighted by Gasteiger charge is 2.26.